The SMILES string of the molecule is CCNC(=O)[C@H]1CC[C@@H](n2c(NC(=O)c3ccccc3)nc3ccc(CN4CCCCC4)cc32)CC1. The van der Waals surface area contributed by atoms with Gasteiger partial charge >= 0.3 is 0 Å². The van der Waals surface area contributed by atoms with E-state index in [-0.39, 0.29) is 23.8 Å². The average Bonchev–Trinajstić information content (AvgIpc) is 3.27. The molecule has 0 atom stereocenters. The Hall–Kier alpha value is -3.19. The first-order valence-electron chi connectivity index (χ1n) is 13.5. The molecule has 2 amide bonds. The van der Waals surface area contributed by atoms with Crippen molar-refractivity contribution in [2.24, 2.45) is 5.92 Å². The van der Waals surface area contributed by atoms with Gasteiger partial charge in [0.15, 0.2) is 0 Å². The number of nitrogens with zero attached hydrogens (tertiary/aromatic N) is 3. The highest BCUT2D eigenvalue weighted by atomic mass is 16.2. The molecule has 190 valence electrons. The number of hydrogen-bond donors (Lipinski definition) is 2. The Labute approximate surface area is 213 Å². The molecule has 2 heterocycles. The zero-order chi connectivity index (χ0) is 24.9. The fourth-order valence-corrected chi connectivity index (χ4v) is 5.75. The number of amides is 2. The molecular formula is C29H37N5O2. The fraction of sp³-hybridized carbons (Fsp3) is 0.483. The summed E-state index contributed by atoms with van der Waals surface area (Å²) in [7, 11) is 0. The van der Waals surface area contributed by atoms with Crippen molar-refractivity contribution in [2.75, 3.05) is 25.0 Å². The molecule has 1 saturated heterocycles. The van der Waals surface area contributed by atoms with E-state index in [0.717, 1.165) is 56.4 Å². The number of aromatic nitrogens is 2. The Balaban J connectivity index is 1.44. The Morgan fingerprint density at radius 1 is 0.972 bits per heavy atom. The molecule has 0 radical (unpaired) electrons. The summed E-state index contributed by atoms with van der Waals surface area (Å²) >= 11 is 0. The molecule has 7 heteroatoms. The zero-order valence-electron chi connectivity index (χ0n) is 21.2. The molecule has 0 spiro atoms. The molecule has 1 aliphatic heterocycles. The van der Waals surface area contributed by atoms with Gasteiger partial charge < -0.3 is 9.88 Å². The highest BCUT2D eigenvalue weighted by Gasteiger charge is 2.29. The number of likely N-dealkylation sites (tertiary alicyclic amines) is 1. The van der Waals surface area contributed by atoms with E-state index in [1.807, 2.05) is 37.3 Å². The first kappa shape index (κ1) is 24.5. The van der Waals surface area contributed by atoms with Crippen LogP contribution in [-0.2, 0) is 11.3 Å². The van der Waals surface area contributed by atoms with Crippen LogP contribution in [0.1, 0.15) is 73.8 Å². The summed E-state index contributed by atoms with van der Waals surface area (Å²) in [6, 6.07) is 16.0. The van der Waals surface area contributed by atoms with Crippen molar-refractivity contribution in [1.29, 1.82) is 0 Å². The van der Waals surface area contributed by atoms with Crippen LogP contribution in [0.3, 0.4) is 0 Å². The molecule has 2 N–H and O–H groups in total. The van der Waals surface area contributed by atoms with Crippen molar-refractivity contribution in [2.45, 2.75) is 64.5 Å². The van der Waals surface area contributed by atoms with E-state index < -0.39 is 0 Å². The maximum absolute atomic E-state index is 13.0. The number of anilines is 1. The summed E-state index contributed by atoms with van der Waals surface area (Å²) in [5.41, 5.74) is 3.85. The van der Waals surface area contributed by atoms with Crippen LogP contribution in [0.25, 0.3) is 11.0 Å². The minimum absolute atomic E-state index is 0.0630. The van der Waals surface area contributed by atoms with Crippen LogP contribution in [0.4, 0.5) is 5.95 Å². The van der Waals surface area contributed by atoms with Crippen molar-refractivity contribution >= 4 is 28.8 Å². The van der Waals surface area contributed by atoms with Gasteiger partial charge in [0, 0.05) is 30.6 Å². The van der Waals surface area contributed by atoms with E-state index in [1.54, 1.807) is 0 Å². The molecule has 5 rings (SSSR count). The number of carbonyl (C=O) groups excluding carboxylic acids is 2. The third kappa shape index (κ3) is 5.46. The van der Waals surface area contributed by atoms with Crippen LogP contribution < -0.4 is 10.6 Å². The van der Waals surface area contributed by atoms with Gasteiger partial charge in [0.25, 0.3) is 5.91 Å². The van der Waals surface area contributed by atoms with Gasteiger partial charge in [-0.1, -0.05) is 30.7 Å². The van der Waals surface area contributed by atoms with E-state index in [0.29, 0.717) is 18.1 Å². The van der Waals surface area contributed by atoms with Gasteiger partial charge in [0.05, 0.1) is 11.0 Å². The fourth-order valence-electron chi connectivity index (χ4n) is 5.75. The molecule has 1 aliphatic carbocycles. The first-order chi connectivity index (χ1) is 17.6. The number of carbonyl (C=O) groups is 2. The number of benzene rings is 2. The third-order valence-corrected chi connectivity index (χ3v) is 7.65. The van der Waals surface area contributed by atoms with Crippen LogP contribution in [0.15, 0.2) is 48.5 Å². The van der Waals surface area contributed by atoms with E-state index in [1.165, 1.54) is 24.8 Å². The van der Waals surface area contributed by atoms with Crippen LogP contribution in [0, 0.1) is 5.92 Å². The number of nitrogens with one attached hydrogen (secondary N) is 2. The number of rotatable bonds is 7. The van der Waals surface area contributed by atoms with E-state index in [4.69, 9.17) is 4.98 Å². The van der Waals surface area contributed by atoms with Crippen LogP contribution in [0.5, 0.6) is 0 Å². The number of piperidine rings is 1. The van der Waals surface area contributed by atoms with Gasteiger partial charge in [-0.2, -0.15) is 0 Å². The maximum Gasteiger partial charge on any atom is 0.257 e. The second-order valence-corrected chi connectivity index (χ2v) is 10.2. The molecule has 2 fully saturated rings. The second-order valence-electron chi connectivity index (χ2n) is 10.2. The number of hydrogen-bond acceptors (Lipinski definition) is 4. The highest BCUT2D eigenvalue weighted by molar-refractivity contribution is 6.04. The lowest BCUT2D eigenvalue weighted by atomic mass is 9.85. The first-order valence-corrected chi connectivity index (χ1v) is 13.5. The summed E-state index contributed by atoms with van der Waals surface area (Å²) < 4.78 is 2.23. The van der Waals surface area contributed by atoms with Crippen molar-refractivity contribution in [3.63, 3.8) is 0 Å². The molecular weight excluding hydrogens is 450 g/mol. The summed E-state index contributed by atoms with van der Waals surface area (Å²) in [4.78, 5) is 32.9. The normalized spacial score (nSPS) is 20.8. The van der Waals surface area contributed by atoms with Crippen LogP contribution >= 0.6 is 0 Å². The van der Waals surface area contributed by atoms with Gasteiger partial charge in [-0.3, -0.25) is 19.8 Å². The van der Waals surface area contributed by atoms with Crippen molar-refractivity contribution in [3.05, 3.63) is 59.7 Å². The van der Waals surface area contributed by atoms with Crippen LogP contribution in [0.2, 0.25) is 0 Å². The summed E-state index contributed by atoms with van der Waals surface area (Å²) in [5.74, 6) is 0.660. The lowest BCUT2D eigenvalue weighted by molar-refractivity contribution is -0.126. The van der Waals surface area contributed by atoms with Gasteiger partial charge in [-0.15, -0.1) is 0 Å². The van der Waals surface area contributed by atoms with Gasteiger partial charge in [-0.25, -0.2) is 4.98 Å². The zero-order valence-corrected chi connectivity index (χ0v) is 21.2. The molecule has 1 saturated carbocycles. The minimum Gasteiger partial charge on any atom is -0.356 e. The Morgan fingerprint density at radius 2 is 1.72 bits per heavy atom. The standard InChI is InChI=1S/C29H37N5O2/c1-2-30-27(35)23-12-14-24(15-13-23)34-26-19-21(20-33-17-7-4-8-18-33)11-16-25(26)31-29(34)32-28(36)22-9-5-3-6-10-22/h3,5-6,9-11,16,19,23-24H,2,4,7-8,12-15,17-18,20H2,1H3,(H,30,35)(H,31,32,36)/t23-,24+. The molecule has 7 nitrogen and oxygen atoms in total. The highest BCUT2D eigenvalue weighted by Crippen LogP contribution is 2.37. The predicted octanol–water partition coefficient (Wildman–Crippen LogP) is 5.14. The minimum atomic E-state index is -0.156. The van der Waals surface area contributed by atoms with Crippen molar-refractivity contribution < 1.29 is 9.59 Å². The maximum atomic E-state index is 13.0. The smallest absolute Gasteiger partial charge is 0.257 e. The van der Waals surface area contributed by atoms with E-state index >= 15 is 0 Å². The van der Waals surface area contributed by atoms with Gasteiger partial charge in [0.1, 0.15) is 0 Å². The third-order valence-electron chi connectivity index (χ3n) is 7.65. The molecule has 2 aromatic carbocycles. The molecule has 3 aromatic rings. The monoisotopic (exact) mass is 487 g/mol. The Bertz CT molecular complexity index is 1190. The van der Waals surface area contributed by atoms with Crippen LogP contribution in [-0.4, -0.2) is 45.9 Å². The van der Waals surface area contributed by atoms with E-state index in [9.17, 15) is 9.59 Å². The molecule has 36 heavy (non-hydrogen) atoms. The lowest BCUT2D eigenvalue weighted by Gasteiger charge is -2.30. The van der Waals surface area contributed by atoms with E-state index in [2.05, 4.69) is 38.3 Å². The second kappa shape index (κ2) is 11.2. The topological polar surface area (TPSA) is 79.3 Å². The van der Waals surface area contributed by atoms with Gasteiger partial charge in [-0.05, 0) is 88.4 Å². The van der Waals surface area contributed by atoms with Gasteiger partial charge in [0.2, 0.25) is 11.9 Å². The summed E-state index contributed by atoms with van der Waals surface area (Å²) in [6.07, 6.45) is 7.32. The Morgan fingerprint density at radius 3 is 2.44 bits per heavy atom. The summed E-state index contributed by atoms with van der Waals surface area (Å²) in [6.45, 7) is 5.88. The Kier molecular flexibility index (Phi) is 7.66. The quantitative estimate of drug-likeness (QED) is 0.484. The molecule has 1 aromatic heterocycles. The van der Waals surface area contributed by atoms with Crippen molar-refractivity contribution in [1.82, 2.24) is 19.8 Å². The summed E-state index contributed by atoms with van der Waals surface area (Å²) in [5, 5.41) is 6.07. The molecule has 0 unspecified atom stereocenters. The largest absolute Gasteiger partial charge is 0.356 e. The number of imidazole rings is 1. The number of fused-ring (bicyclic) bond motifs is 1. The average molecular weight is 488 g/mol. The molecule has 2 aliphatic rings. The van der Waals surface area contributed by atoms with Crippen molar-refractivity contribution in [3.8, 4) is 0 Å². The lowest BCUT2D eigenvalue weighted by Crippen LogP contribution is -2.33. The predicted molar refractivity (Wildman–Crippen MR) is 143 cm³/mol. The molecule has 0 bridgehead atoms.